The van der Waals surface area contributed by atoms with E-state index >= 15 is 0 Å². The molecule has 0 radical (unpaired) electrons. The lowest BCUT2D eigenvalue weighted by Gasteiger charge is -2.21. The molecule has 0 aliphatic carbocycles. The molecule has 1 N–H and O–H groups in total. The van der Waals surface area contributed by atoms with Crippen LogP contribution in [0.25, 0.3) is 0 Å². The Morgan fingerprint density at radius 1 is 1.27 bits per heavy atom. The highest BCUT2D eigenvalue weighted by atomic mass is 35.5. The van der Waals surface area contributed by atoms with Gasteiger partial charge in [0.15, 0.2) is 6.10 Å². The number of rotatable bonds is 4. The van der Waals surface area contributed by atoms with Crippen LogP contribution in [-0.4, -0.2) is 33.2 Å². The lowest BCUT2D eigenvalue weighted by atomic mass is 10.2. The number of fused-ring (bicyclic) bond motifs is 1. The second-order valence-electron chi connectivity index (χ2n) is 6.05. The number of hydrogen-bond donors (Lipinski definition) is 1. The third-order valence-corrected chi connectivity index (χ3v) is 5.47. The summed E-state index contributed by atoms with van der Waals surface area (Å²) in [4.78, 5) is 12.5. The summed E-state index contributed by atoms with van der Waals surface area (Å²) in [5, 5.41) is 3.23. The number of carbonyl (C=O) groups is 1. The van der Waals surface area contributed by atoms with Crippen molar-refractivity contribution in [2.75, 3.05) is 17.1 Å². The van der Waals surface area contributed by atoms with Gasteiger partial charge in [-0.2, -0.15) is 0 Å². The van der Waals surface area contributed by atoms with Crippen LogP contribution >= 0.6 is 11.6 Å². The third-order valence-electron chi connectivity index (χ3n) is 4.06. The minimum Gasteiger partial charge on any atom is -0.478 e. The average molecular weight is 395 g/mol. The van der Waals surface area contributed by atoms with E-state index in [2.05, 4.69) is 5.32 Å². The number of carbonyl (C=O) groups excluding carboxylic acids is 1. The van der Waals surface area contributed by atoms with Crippen LogP contribution in [0.15, 0.2) is 48.5 Å². The summed E-state index contributed by atoms with van der Waals surface area (Å²) in [6.45, 7) is 0.512. The van der Waals surface area contributed by atoms with Crippen molar-refractivity contribution in [3.8, 4) is 5.75 Å². The number of nitrogens with zero attached hydrogens (tertiary/aromatic N) is 1. The molecule has 2 aromatic carbocycles. The lowest BCUT2D eigenvalue weighted by Crippen LogP contribution is -2.39. The summed E-state index contributed by atoms with van der Waals surface area (Å²) in [7, 11) is -3.52. The summed E-state index contributed by atoms with van der Waals surface area (Å²) in [6, 6.07) is 14.2. The molecule has 26 heavy (non-hydrogen) atoms. The molecular weight excluding hydrogens is 376 g/mol. The molecule has 8 heteroatoms. The minimum atomic E-state index is -3.52. The topological polar surface area (TPSA) is 75.7 Å². The Labute approximate surface area is 157 Å². The lowest BCUT2D eigenvalue weighted by molar-refractivity contribution is -0.128. The molecule has 138 valence electrons. The van der Waals surface area contributed by atoms with Gasteiger partial charge in [-0.1, -0.05) is 41.9 Å². The maximum absolute atomic E-state index is 12.5. The number of amides is 1. The molecule has 3 rings (SSSR count). The van der Waals surface area contributed by atoms with E-state index in [-0.39, 0.29) is 18.9 Å². The van der Waals surface area contributed by atoms with Crippen LogP contribution in [0.5, 0.6) is 5.75 Å². The smallest absolute Gasteiger partial charge is 0.261 e. The molecule has 0 aromatic heterocycles. The standard InChI is InChI=1S/C18H19ClN2O4S/c1-26(23,24)21-10-9-17(25-16-8-7-14(19)11-15(16)21)18(22)20-12-13-5-3-2-4-6-13/h2-8,11,17H,9-10,12H2,1H3,(H,20,22)/t17-/m0/s1. The minimum absolute atomic E-state index is 0.135. The maximum Gasteiger partial charge on any atom is 0.261 e. The Hall–Kier alpha value is -2.25. The predicted octanol–water partition coefficient (Wildman–Crippen LogP) is 2.57. The molecule has 0 saturated heterocycles. The number of sulfonamides is 1. The van der Waals surface area contributed by atoms with Crippen molar-refractivity contribution < 1.29 is 17.9 Å². The van der Waals surface area contributed by atoms with Gasteiger partial charge in [0.1, 0.15) is 5.75 Å². The van der Waals surface area contributed by atoms with Crippen molar-refractivity contribution in [2.45, 2.75) is 19.1 Å². The van der Waals surface area contributed by atoms with Gasteiger partial charge in [-0.05, 0) is 23.8 Å². The van der Waals surface area contributed by atoms with Crippen molar-refractivity contribution >= 4 is 33.2 Å². The fourth-order valence-electron chi connectivity index (χ4n) is 2.78. The molecule has 2 aromatic rings. The van der Waals surface area contributed by atoms with E-state index in [1.165, 1.54) is 10.4 Å². The van der Waals surface area contributed by atoms with Crippen molar-refractivity contribution in [3.63, 3.8) is 0 Å². The molecule has 1 aliphatic heterocycles. The van der Waals surface area contributed by atoms with Gasteiger partial charge in [0, 0.05) is 24.5 Å². The van der Waals surface area contributed by atoms with E-state index < -0.39 is 16.1 Å². The predicted molar refractivity (Wildman–Crippen MR) is 101 cm³/mol. The first-order valence-electron chi connectivity index (χ1n) is 8.10. The van der Waals surface area contributed by atoms with E-state index in [1.807, 2.05) is 30.3 Å². The van der Waals surface area contributed by atoms with Crippen LogP contribution in [0, 0.1) is 0 Å². The zero-order chi connectivity index (χ0) is 18.7. The van der Waals surface area contributed by atoms with Crippen molar-refractivity contribution in [1.82, 2.24) is 5.32 Å². The van der Waals surface area contributed by atoms with E-state index in [0.29, 0.717) is 23.0 Å². The van der Waals surface area contributed by atoms with E-state index in [1.54, 1.807) is 12.1 Å². The highest BCUT2D eigenvalue weighted by Gasteiger charge is 2.31. The molecule has 0 saturated carbocycles. The third kappa shape index (κ3) is 4.28. The summed E-state index contributed by atoms with van der Waals surface area (Å²) >= 11 is 6.01. The summed E-state index contributed by atoms with van der Waals surface area (Å²) < 4.78 is 31.3. The second kappa shape index (κ2) is 7.55. The van der Waals surface area contributed by atoms with Gasteiger partial charge in [0.05, 0.1) is 11.9 Å². The van der Waals surface area contributed by atoms with Crippen molar-refractivity contribution in [1.29, 1.82) is 0 Å². The Kier molecular flexibility index (Phi) is 5.38. The fraction of sp³-hybridized carbons (Fsp3) is 0.278. The van der Waals surface area contributed by atoms with Gasteiger partial charge >= 0.3 is 0 Å². The molecule has 1 aliphatic rings. The number of halogens is 1. The van der Waals surface area contributed by atoms with Crippen LogP contribution in [-0.2, 0) is 21.4 Å². The van der Waals surface area contributed by atoms with Gasteiger partial charge in [-0.15, -0.1) is 0 Å². The zero-order valence-electron chi connectivity index (χ0n) is 14.2. The largest absolute Gasteiger partial charge is 0.478 e. The average Bonchev–Trinajstić information content (AvgIpc) is 2.79. The van der Waals surface area contributed by atoms with Gasteiger partial charge in [0.25, 0.3) is 5.91 Å². The van der Waals surface area contributed by atoms with Crippen molar-refractivity contribution in [2.24, 2.45) is 0 Å². The molecular formula is C18H19ClN2O4S. The van der Waals surface area contributed by atoms with Gasteiger partial charge in [0.2, 0.25) is 10.0 Å². The van der Waals surface area contributed by atoms with Crippen LogP contribution in [0.1, 0.15) is 12.0 Å². The second-order valence-corrected chi connectivity index (χ2v) is 8.39. The molecule has 1 heterocycles. The zero-order valence-corrected chi connectivity index (χ0v) is 15.8. The normalized spacial score (nSPS) is 17.0. The quantitative estimate of drug-likeness (QED) is 0.864. The van der Waals surface area contributed by atoms with Gasteiger partial charge in [-0.25, -0.2) is 8.42 Å². The Morgan fingerprint density at radius 3 is 2.69 bits per heavy atom. The van der Waals surface area contributed by atoms with E-state index in [4.69, 9.17) is 16.3 Å². The molecule has 0 spiro atoms. The number of ether oxygens (including phenoxy) is 1. The van der Waals surface area contributed by atoms with E-state index in [9.17, 15) is 13.2 Å². The Bertz CT molecular complexity index is 903. The molecule has 0 bridgehead atoms. The highest BCUT2D eigenvalue weighted by Crippen LogP contribution is 2.36. The number of hydrogen-bond acceptors (Lipinski definition) is 4. The number of benzene rings is 2. The van der Waals surface area contributed by atoms with Gasteiger partial charge in [-0.3, -0.25) is 9.10 Å². The van der Waals surface area contributed by atoms with Crippen LogP contribution in [0.2, 0.25) is 5.02 Å². The van der Waals surface area contributed by atoms with E-state index in [0.717, 1.165) is 11.8 Å². The molecule has 1 amide bonds. The monoisotopic (exact) mass is 394 g/mol. The summed E-state index contributed by atoms with van der Waals surface area (Å²) in [6.07, 6.45) is 0.568. The summed E-state index contributed by atoms with van der Waals surface area (Å²) in [5.41, 5.74) is 1.32. The number of nitrogens with one attached hydrogen (secondary N) is 1. The molecule has 0 fully saturated rings. The van der Waals surface area contributed by atoms with Crippen LogP contribution in [0.3, 0.4) is 0 Å². The van der Waals surface area contributed by atoms with Crippen LogP contribution in [0.4, 0.5) is 5.69 Å². The first-order chi connectivity index (χ1) is 12.3. The fourth-order valence-corrected chi connectivity index (χ4v) is 3.88. The van der Waals surface area contributed by atoms with Gasteiger partial charge < -0.3 is 10.1 Å². The van der Waals surface area contributed by atoms with Crippen LogP contribution < -0.4 is 14.4 Å². The Morgan fingerprint density at radius 2 is 2.00 bits per heavy atom. The number of anilines is 1. The Balaban J connectivity index is 1.79. The molecule has 6 nitrogen and oxygen atoms in total. The SMILES string of the molecule is CS(=O)(=O)N1CC[C@@H](C(=O)NCc2ccccc2)Oc2ccc(Cl)cc21. The summed E-state index contributed by atoms with van der Waals surface area (Å²) in [5.74, 6) is 0.0299. The molecule has 1 atom stereocenters. The first kappa shape index (κ1) is 18.5. The maximum atomic E-state index is 12.5. The van der Waals surface area contributed by atoms with Crippen molar-refractivity contribution in [3.05, 3.63) is 59.1 Å². The molecule has 0 unspecified atom stereocenters. The highest BCUT2D eigenvalue weighted by molar-refractivity contribution is 7.92. The first-order valence-corrected chi connectivity index (χ1v) is 10.3.